The van der Waals surface area contributed by atoms with Gasteiger partial charge in [-0.05, 0) is 24.1 Å². The normalized spacial score (nSPS) is 14.6. The molecular weight excluding hydrogens is 300 g/mol. The average Bonchev–Trinajstić information content (AvgIpc) is 3.06. The van der Waals surface area contributed by atoms with Gasteiger partial charge in [-0.15, -0.1) is 0 Å². The third-order valence-corrected chi connectivity index (χ3v) is 5.89. The minimum atomic E-state index is -3.41. The van der Waals surface area contributed by atoms with Crippen LogP contribution in [-0.2, 0) is 30.0 Å². The van der Waals surface area contributed by atoms with Gasteiger partial charge in [-0.1, -0.05) is 6.07 Å². The minimum Gasteiger partial charge on any atom is -0.363 e. The molecule has 3 rings (SSSR count). The van der Waals surface area contributed by atoms with Crippen molar-refractivity contribution in [2.45, 2.75) is 17.9 Å². The number of benzene rings is 1. The van der Waals surface area contributed by atoms with E-state index in [1.807, 2.05) is 23.9 Å². The van der Waals surface area contributed by atoms with Crippen molar-refractivity contribution in [1.29, 1.82) is 0 Å². The molecule has 0 amide bonds. The Balaban J connectivity index is 1.95. The van der Waals surface area contributed by atoms with E-state index in [1.54, 1.807) is 32.4 Å². The molecule has 1 aliphatic heterocycles. The lowest BCUT2D eigenvalue weighted by molar-refractivity contribution is 0.521. The fraction of sp³-hybridized carbons (Fsp3) is 0.400. The van der Waals surface area contributed by atoms with Crippen molar-refractivity contribution in [2.75, 3.05) is 25.5 Å². The van der Waals surface area contributed by atoms with Crippen LogP contribution in [0.25, 0.3) is 0 Å². The Hall–Kier alpha value is -1.86. The molecule has 2 aromatic rings. The van der Waals surface area contributed by atoms with Crippen LogP contribution in [0.5, 0.6) is 0 Å². The summed E-state index contributed by atoms with van der Waals surface area (Å²) in [5.41, 5.74) is 2.18. The number of imidazole rings is 1. The molecule has 0 spiro atoms. The second kappa shape index (κ2) is 5.40. The van der Waals surface area contributed by atoms with E-state index in [0.717, 1.165) is 24.5 Å². The van der Waals surface area contributed by atoms with Gasteiger partial charge in [0.1, 0.15) is 5.82 Å². The van der Waals surface area contributed by atoms with Crippen LogP contribution in [0.2, 0.25) is 0 Å². The number of nitrogens with zero attached hydrogens (tertiary/aromatic N) is 4. The van der Waals surface area contributed by atoms with Crippen molar-refractivity contribution in [1.82, 2.24) is 13.9 Å². The van der Waals surface area contributed by atoms with Crippen molar-refractivity contribution >= 4 is 15.7 Å². The predicted molar refractivity (Wildman–Crippen MR) is 85.3 cm³/mol. The molecule has 2 heterocycles. The molecule has 1 aromatic carbocycles. The Morgan fingerprint density at radius 1 is 1.32 bits per heavy atom. The number of anilines is 1. The van der Waals surface area contributed by atoms with Crippen LogP contribution in [-0.4, -0.2) is 42.9 Å². The summed E-state index contributed by atoms with van der Waals surface area (Å²) >= 11 is 0. The molecule has 0 bridgehead atoms. The van der Waals surface area contributed by atoms with E-state index in [1.165, 1.54) is 9.87 Å². The predicted octanol–water partition coefficient (Wildman–Crippen LogP) is 1.23. The van der Waals surface area contributed by atoms with E-state index in [9.17, 15) is 8.42 Å². The molecule has 0 saturated carbocycles. The first-order chi connectivity index (χ1) is 10.4. The Morgan fingerprint density at radius 2 is 2.09 bits per heavy atom. The number of aryl methyl sites for hydroxylation is 1. The Morgan fingerprint density at radius 3 is 2.73 bits per heavy atom. The highest BCUT2D eigenvalue weighted by molar-refractivity contribution is 7.89. The van der Waals surface area contributed by atoms with E-state index in [4.69, 9.17) is 0 Å². The van der Waals surface area contributed by atoms with E-state index in [0.29, 0.717) is 11.4 Å². The lowest BCUT2D eigenvalue weighted by atomic mass is 10.2. The van der Waals surface area contributed by atoms with Crippen LogP contribution >= 0.6 is 0 Å². The number of fused-ring (bicyclic) bond motifs is 1. The molecule has 1 aromatic heterocycles. The zero-order valence-corrected chi connectivity index (χ0v) is 13.8. The standard InChI is InChI=1S/C15H20N4O2S/c1-17(2)22(20,21)13-5-4-12-6-8-19(14(12)10-13)11-15-16-7-9-18(15)3/h4-5,7,9-10H,6,8,11H2,1-3H3. The zero-order chi connectivity index (χ0) is 15.9. The maximum Gasteiger partial charge on any atom is 0.242 e. The van der Waals surface area contributed by atoms with Crippen LogP contribution in [0.1, 0.15) is 11.4 Å². The Bertz CT molecular complexity index is 796. The molecule has 0 unspecified atom stereocenters. The summed E-state index contributed by atoms with van der Waals surface area (Å²) in [5, 5.41) is 0. The van der Waals surface area contributed by atoms with Crippen LogP contribution in [0, 0.1) is 0 Å². The summed E-state index contributed by atoms with van der Waals surface area (Å²) in [5.74, 6) is 0.966. The number of aromatic nitrogens is 2. The van der Waals surface area contributed by atoms with Gasteiger partial charge in [0.05, 0.1) is 11.4 Å². The van der Waals surface area contributed by atoms with Crippen molar-refractivity contribution in [3.8, 4) is 0 Å². The first-order valence-electron chi connectivity index (χ1n) is 7.16. The SMILES string of the molecule is CN(C)S(=O)(=O)c1ccc2c(c1)N(Cc1nccn1C)CC2. The van der Waals surface area contributed by atoms with Gasteiger partial charge in [0.15, 0.2) is 0 Å². The van der Waals surface area contributed by atoms with Crippen molar-refractivity contribution in [2.24, 2.45) is 7.05 Å². The van der Waals surface area contributed by atoms with Gasteiger partial charge >= 0.3 is 0 Å². The van der Waals surface area contributed by atoms with Gasteiger partial charge in [0.25, 0.3) is 0 Å². The maximum absolute atomic E-state index is 12.3. The molecule has 22 heavy (non-hydrogen) atoms. The van der Waals surface area contributed by atoms with Crippen LogP contribution in [0.3, 0.4) is 0 Å². The smallest absolute Gasteiger partial charge is 0.242 e. The summed E-state index contributed by atoms with van der Waals surface area (Å²) < 4.78 is 27.8. The lowest BCUT2D eigenvalue weighted by Gasteiger charge is -2.20. The monoisotopic (exact) mass is 320 g/mol. The Kier molecular flexibility index (Phi) is 3.70. The van der Waals surface area contributed by atoms with Crippen molar-refractivity contribution in [3.63, 3.8) is 0 Å². The highest BCUT2D eigenvalue weighted by Gasteiger charge is 2.24. The fourth-order valence-corrected chi connectivity index (χ4v) is 3.60. The topological polar surface area (TPSA) is 58.4 Å². The molecule has 7 heteroatoms. The summed E-state index contributed by atoms with van der Waals surface area (Å²) in [6, 6.07) is 5.39. The van der Waals surface area contributed by atoms with Gasteiger partial charge in [-0.25, -0.2) is 17.7 Å². The number of rotatable bonds is 4. The van der Waals surface area contributed by atoms with E-state index in [-0.39, 0.29) is 0 Å². The highest BCUT2D eigenvalue weighted by Crippen LogP contribution is 2.32. The molecule has 1 aliphatic rings. The average molecular weight is 320 g/mol. The first kappa shape index (κ1) is 15.1. The Labute approximate surface area is 131 Å². The third-order valence-electron chi connectivity index (χ3n) is 4.08. The molecule has 0 fully saturated rings. The largest absolute Gasteiger partial charge is 0.363 e. The van der Waals surface area contributed by atoms with Crippen molar-refractivity contribution < 1.29 is 8.42 Å². The van der Waals surface area contributed by atoms with E-state index >= 15 is 0 Å². The molecule has 0 radical (unpaired) electrons. The lowest BCUT2D eigenvalue weighted by Crippen LogP contribution is -2.24. The summed E-state index contributed by atoms with van der Waals surface area (Å²) in [4.78, 5) is 6.87. The maximum atomic E-state index is 12.3. The fourth-order valence-electron chi connectivity index (χ4n) is 2.68. The molecule has 0 saturated heterocycles. The van der Waals surface area contributed by atoms with Crippen LogP contribution in [0.4, 0.5) is 5.69 Å². The van der Waals surface area contributed by atoms with Crippen LogP contribution < -0.4 is 4.90 Å². The van der Waals surface area contributed by atoms with Crippen molar-refractivity contribution in [3.05, 3.63) is 42.0 Å². The van der Waals surface area contributed by atoms with Gasteiger partial charge in [-0.2, -0.15) is 0 Å². The number of sulfonamides is 1. The summed E-state index contributed by atoms with van der Waals surface area (Å²) in [6.07, 6.45) is 4.63. The van der Waals surface area contributed by atoms with E-state index in [2.05, 4.69) is 9.88 Å². The second-order valence-corrected chi connectivity index (χ2v) is 7.86. The first-order valence-corrected chi connectivity index (χ1v) is 8.60. The van der Waals surface area contributed by atoms with Gasteiger partial charge in [0.2, 0.25) is 10.0 Å². The highest BCUT2D eigenvalue weighted by atomic mass is 32.2. The summed E-state index contributed by atoms with van der Waals surface area (Å²) in [7, 11) is 1.66. The van der Waals surface area contributed by atoms with Gasteiger partial charge in [0, 0.05) is 45.8 Å². The molecule has 0 atom stereocenters. The molecule has 118 valence electrons. The second-order valence-electron chi connectivity index (χ2n) is 5.70. The van der Waals surface area contributed by atoms with Gasteiger partial charge in [-0.3, -0.25) is 0 Å². The molecular formula is C15H20N4O2S. The molecule has 6 nitrogen and oxygen atoms in total. The van der Waals surface area contributed by atoms with Crippen LogP contribution in [0.15, 0.2) is 35.5 Å². The quantitative estimate of drug-likeness (QED) is 0.850. The molecule has 0 N–H and O–H groups in total. The minimum absolute atomic E-state index is 0.336. The molecule has 0 aliphatic carbocycles. The van der Waals surface area contributed by atoms with Gasteiger partial charge < -0.3 is 9.47 Å². The zero-order valence-electron chi connectivity index (χ0n) is 13.0. The number of hydrogen-bond acceptors (Lipinski definition) is 4. The summed E-state index contributed by atoms with van der Waals surface area (Å²) in [6.45, 7) is 1.57. The third kappa shape index (κ3) is 2.50. The number of hydrogen-bond donors (Lipinski definition) is 0. The van der Waals surface area contributed by atoms with E-state index < -0.39 is 10.0 Å².